The number of hydrogen-bond acceptors (Lipinski definition) is 4. The summed E-state index contributed by atoms with van der Waals surface area (Å²) in [7, 11) is -7.29. The van der Waals surface area contributed by atoms with E-state index in [4.69, 9.17) is 19.6 Å². The van der Waals surface area contributed by atoms with Crippen LogP contribution < -0.4 is 5.32 Å². The van der Waals surface area contributed by atoms with Crippen molar-refractivity contribution in [2.24, 2.45) is 0 Å². The first-order chi connectivity index (χ1) is 11.7. The van der Waals surface area contributed by atoms with Gasteiger partial charge in [-0.1, -0.05) is 34.3 Å². The van der Waals surface area contributed by atoms with Crippen molar-refractivity contribution in [1.82, 2.24) is 10.2 Å². The van der Waals surface area contributed by atoms with Gasteiger partial charge < -0.3 is 29.8 Å². The number of carbonyl (C=O) groups excluding carboxylic acids is 1. The topological polar surface area (TPSA) is 147 Å². The van der Waals surface area contributed by atoms with Crippen molar-refractivity contribution in [3.8, 4) is 0 Å². The van der Waals surface area contributed by atoms with Crippen LogP contribution in [0, 0.1) is 0 Å². The highest BCUT2D eigenvalue weighted by Gasteiger charge is 2.05. The second kappa shape index (κ2) is 16.6. The van der Waals surface area contributed by atoms with E-state index >= 15 is 0 Å². The Morgan fingerprint density at radius 2 is 1.31 bits per heavy atom. The molecule has 0 saturated heterocycles. The Morgan fingerprint density at radius 1 is 0.962 bits per heavy atom. The van der Waals surface area contributed by atoms with Gasteiger partial charge in [-0.25, -0.2) is 0 Å². The van der Waals surface area contributed by atoms with Gasteiger partial charge in [0.15, 0.2) is 0 Å². The Morgan fingerprint density at radius 3 is 1.54 bits per heavy atom. The van der Waals surface area contributed by atoms with Crippen LogP contribution >= 0.6 is 15.2 Å². The summed E-state index contributed by atoms with van der Waals surface area (Å²) in [4.78, 5) is 45.2. The minimum Gasteiger partial charge on any atom is -0.352 e. The summed E-state index contributed by atoms with van der Waals surface area (Å²) in [6.07, 6.45) is 0.876. The van der Waals surface area contributed by atoms with Crippen LogP contribution in [0.15, 0.2) is 12.2 Å². The molecule has 0 aliphatic heterocycles. The number of hydrogen-bond donors (Lipinski definition) is 5. The maximum atomic E-state index is 11.1. The largest absolute Gasteiger partial charge is 0.352 e. The summed E-state index contributed by atoms with van der Waals surface area (Å²) in [6, 6.07) is 0. The van der Waals surface area contributed by atoms with E-state index in [1.165, 1.54) is 13.8 Å². The summed E-state index contributed by atoms with van der Waals surface area (Å²) in [5.41, 5.74) is 0.577. The first-order valence-corrected chi connectivity index (χ1v) is 12.1. The third-order valence-corrected chi connectivity index (χ3v) is 4.69. The van der Waals surface area contributed by atoms with Gasteiger partial charge in [0.25, 0.3) is 0 Å². The van der Waals surface area contributed by atoms with E-state index in [1.54, 1.807) is 6.92 Å². The van der Waals surface area contributed by atoms with Gasteiger partial charge in [0.05, 0.1) is 0 Å². The van der Waals surface area contributed by atoms with Gasteiger partial charge in [-0.2, -0.15) is 0 Å². The maximum Gasteiger partial charge on any atom is 0.325 e. The Kier molecular flexibility index (Phi) is 19.3. The van der Waals surface area contributed by atoms with Crippen LogP contribution in [-0.2, 0) is 13.9 Å². The second-order valence-corrected chi connectivity index (χ2v) is 9.30. The molecule has 0 rings (SSSR count). The molecule has 0 aromatic carbocycles. The molecule has 5 N–H and O–H groups in total. The molecule has 0 saturated carbocycles. The first kappa shape index (κ1) is 30.2. The molecule has 0 aromatic heterocycles. The summed E-state index contributed by atoms with van der Waals surface area (Å²) >= 11 is 0. The lowest BCUT2D eigenvalue weighted by molar-refractivity contribution is -0.117. The molecule has 0 spiro atoms. The third-order valence-electron chi connectivity index (χ3n) is 3.04. The van der Waals surface area contributed by atoms with Crippen molar-refractivity contribution >= 4 is 21.1 Å². The predicted octanol–water partition coefficient (Wildman–Crippen LogP) is 1.78. The zero-order valence-electron chi connectivity index (χ0n) is 16.5. The van der Waals surface area contributed by atoms with E-state index in [0.29, 0.717) is 5.57 Å². The van der Waals surface area contributed by atoms with Gasteiger partial charge in [0.1, 0.15) is 0 Å². The summed E-state index contributed by atoms with van der Waals surface area (Å²) in [5, 5.41) is 2.82. The van der Waals surface area contributed by atoms with Crippen molar-refractivity contribution < 1.29 is 33.5 Å². The van der Waals surface area contributed by atoms with Crippen LogP contribution in [0.5, 0.6) is 0 Å². The van der Waals surface area contributed by atoms with Crippen molar-refractivity contribution in [1.29, 1.82) is 0 Å². The SMILES string of the molecule is C=C(C)C(=O)NCCCN(CC)CC.CCP(=O)(O)O.CCP(=O)(O)O. The zero-order valence-corrected chi connectivity index (χ0v) is 18.3. The lowest BCUT2D eigenvalue weighted by Gasteiger charge is -2.17. The van der Waals surface area contributed by atoms with Crippen LogP contribution in [0.1, 0.15) is 41.0 Å². The molecule has 1 amide bonds. The van der Waals surface area contributed by atoms with Crippen molar-refractivity contribution in [3.63, 3.8) is 0 Å². The number of rotatable bonds is 9. The molecule has 0 aromatic rings. The van der Waals surface area contributed by atoms with Crippen molar-refractivity contribution in [2.45, 2.75) is 41.0 Å². The van der Waals surface area contributed by atoms with Gasteiger partial charge in [-0.05, 0) is 33.0 Å². The lowest BCUT2D eigenvalue weighted by Crippen LogP contribution is -2.30. The zero-order chi connectivity index (χ0) is 21.4. The Balaban J connectivity index is -0.000000364. The average Bonchev–Trinajstić information content (AvgIpc) is 2.54. The van der Waals surface area contributed by atoms with E-state index in [0.717, 1.165) is 32.6 Å². The van der Waals surface area contributed by atoms with E-state index in [1.807, 2.05) is 0 Å². The van der Waals surface area contributed by atoms with Crippen molar-refractivity contribution in [2.75, 3.05) is 38.5 Å². The Hall–Kier alpha value is -0.530. The van der Waals surface area contributed by atoms with Gasteiger partial charge >= 0.3 is 15.2 Å². The monoisotopic (exact) mass is 418 g/mol. The summed E-state index contributed by atoms with van der Waals surface area (Å²) < 4.78 is 19.4. The van der Waals surface area contributed by atoms with Crippen LogP contribution in [0.2, 0.25) is 0 Å². The second-order valence-electron chi connectivity index (χ2n) is 5.38. The van der Waals surface area contributed by atoms with Crippen LogP contribution in [0.25, 0.3) is 0 Å². The lowest BCUT2D eigenvalue weighted by atomic mass is 10.3. The molecule has 9 nitrogen and oxygen atoms in total. The standard InChI is InChI=1S/C11H22N2O.2C2H7O3P/c1-5-13(6-2)9-7-8-12-11(14)10(3)4;2*1-2-6(3,4)5/h3,5-9H2,1-2,4H3,(H,12,14);2*2H2,1H3,(H2,3,4,5). The molecule has 0 bridgehead atoms. The first-order valence-electron chi connectivity index (χ1n) is 8.49. The number of nitrogens with one attached hydrogen (secondary N) is 1. The Labute approximate surface area is 157 Å². The molecule has 0 unspecified atom stereocenters. The van der Waals surface area contributed by atoms with E-state index < -0.39 is 15.2 Å². The molecule has 158 valence electrons. The molecule has 0 atom stereocenters. The van der Waals surface area contributed by atoms with Crippen molar-refractivity contribution in [3.05, 3.63) is 12.2 Å². The van der Waals surface area contributed by atoms with Gasteiger partial charge in [-0.15, -0.1) is 0 Å². The highest BCUT2D eigenvalue weighted by Crippen LogP contribution is 2.32. The molecule has 11 heteroatoms. The number of nitrogens with zero attached hydrogens (tertiary/aromatic N) is 1. The Bertz CT molecular complexity index is 449. The average molecular weight is 418 g/mol. The van der Waals surface area contributed by atoms with Crippen LogP contribution in [-0.4, -0.2) is 68.9 Å². The van der Waals surface area contributed by atoms with E-state index in [-0.39, 0.29) is 18.2 Å². The fraction of sp³-hybridized carbons (Fsp3) is 0.800. The van der Waals surface area contributed by atoms with E-state index in [9.17, 15) is 13.9 Å². The molecule has 0 aliphatic carbocycles. The van der Waals surface area contributed by atoms with Crippen LogP contribution in [0.4, 0.5) is 0 Å². The number of amides is 1. The van der Waals surface area contributed by atoms with Gasteiger partial charge in [0.2, 0.25) is 5.91 Å². The molecule has 0 radical (unpaired) electrons. The fourth-order valence-electron chi connectivity index (χ4n) is 1.20. The number of carbonyl (C=O) groups is 1. The third kappa shape index (κ3) is 28.3. The van der Waals surface area contributed by atoms with Crippen LogP contribution in [0.3, 0.4) is 0 Å². The molecule has 0 aliphatic rings. The minimum absolute atomic E-state index is 0.0375. The maximum absolute atomic E-state index is 11.1. The van der Waals surface area contributed by atoms with E-state index in [2.05, 4.69) is 30.6 Å². The molecular weight excluding hydrogens is 382 g/mol. The summed E-state index contributed by atoms with van der Waals surface area (Å²) in [5.74, 6) is -0.0375. The summed E-state index contributed by atoms with van der Waals surface area (Å²) in [6.45, 7) is 16.4. The molecule has 0 fully saturated rings. The smallest absolute Gasteiger partial charge is 0.325 e. The fourth-order valence-corrected chi connectivity index (χ4v) is 1.20. The normalized spacial score (nSPS) is 11.0. The minimum atomic E-state index is -3.65. The molecular formula is C15H36N2O7P2. The van der Waals surface area contributed by atoms with Gasteiger partial charge in [-0.3, -0.25) is 13.9 Å². The quantitative estimate of drug-likeness (QED) is 0.216. The van der Waals surface area contributed by atoms with Gasteiger partial charge in [0, 0.05) is 24.4 Å². The molecule has 0 heterocycles. The predicted molar refractivity (Wildman–Crippen MR) is 105 cm³/mol. The highest BCUT2D eigenvalue weighted by atomic mass is 31.2. The molecule has 26 heavy (non-hydrogen) atoms. The highest BCUT2D eigenvalue weighted by molar-refractivity contribution is 7.51.